The first-order chi connectivity index (χ1) is 8.37. The van der Waals surface area contributed by atoms with Crippen molar-refractivity contribution in [3.8, 4) is 0 Å². The number of aromatic amines is 1. The molecule has 18 heavy (non-hydrogen) atoms. The van der Waals surface area contributed by atoms with Gasteiger partial charge < -0.3 is 20.7 Å². The number of alkyl halides is 2. The van der Waals surface area contributed by atoms with Crippen LogP contribution in [0.3, 0.4) is 0 Å². The van der Waals surface area contributed by atoms with Crippen molar-refractivity contribution in [2.45, 2.75) is 24.4 Å². The van der Waals surface area contributed by atoms with E-state index >= 15 is 0 Å². The molecule has 0 amide bonds. The fourth-order valence-corrected chi connectivity index (χ4v) is 1.76. The predicted octanol–water partition coefficient (Wildman–Crippen LogP) is -1.87. The van der Waals surface area contributed by atoms with Crippen LogP contribution in [0, 0.1) is 0 Å². The predicted molar refractivity (Wildman–Crippen MR) is 53.6 cm³/mol. The number of hydrogen-bond donors (Lipinski definition) is 4. The molecule has 0 spiro atoms. The number of aromatic nitrogens is 2. The van der Waals surface area contributed by atoms with E-state index in [1.165, 1.54) is 6.07 Å². The van der Waals surface area contributed by atoms with Crippen LogP contribution >= 0.6 is 0 Å². The highest BCUT2D eigenvalue weighted by atomic mass is 19.3. The van der Waals surface area contributed by atoms with Gasteiger partial charge in [-0.3, -0.25) is 0 Å². The molecule has 100 valence electrons. The summed E-state index contributed by atoms with van der Waals surface area (Å²) in [4.78, 5) is 13.6. The van der Waals surface area contributed by atoms with Gasteiger partial charge in [0.25, 0.3) is 6.23 Å². The summed E-state index contributed by atoms with van der Waals surface area (Å²) in [6.45, 7) is -0.777. The molecule has 0 aliphatic carbocycles. The van der Waals surface area contributed by atoms with Gasteiger partial charge >= 0.3 is 11.6 Å². The van der Waals surface area contributed by atoms with Gasteiger partial charge in [-0.05, 0) is 0 Å². The lowest BCUT2D eigenvalue weighted by Crippen LogP contribution is -2.60. The standard InChI is InChI=1S/C9H11F2N3O4/c10-9(11)6(16)4(3-15)18-7(9)14-2-1-5(12)13-8(14)17/h1-2,4,6-7,15-16H,3H2,(H2,12,13,17)/p+1/t4-,6+,7-/m1/s1. The number of halogens is 2. The van der Waals surface area contributed by atoms with Gasteiger partial charge in [0.1, 0.15) is 12.3 Å². The molecule has 7 nitrogen and oxygen atoms in total. The fraction of sp³-hybridized carbons (Fsp3) is 0.556. The molecular weight excluding hydrogens is 252 g/mol. The first kappa shape index (κ1) is 12.9. The maximum atomic E-state index is 13.7. The largest absolute Gasteiger partial charge is 0.499 e. The van der Waals surface area contributed by atoms with Gasteiger partial charge in [-0.2, -0.15) is 23.1 Å². The molecule has 0 aromatic carbocycles. The minimum Gasteiger partial charge on any atom is -0.394 e. The van der Waals surface area contributed by atoms with Crippen molar-refractivity contribution in [1.29, 1.82) is 0 Å². The summed E-state index contributed by atoms with van der Waals surface area (Å²) in [5.74, 6) is -3.68. The second-order valence-electron chi connectivity index (χ2n) is 3.94. The fourth-order valence-electron chi connectivity index (χ4n) is 1.76. The van der Waals surface area contributed by atoms with E-state index in [0.717, 1.165) is 6.20 Å². The number of hydrogen-bond acceptors (Lipinski definition) is 5. The Kier molecular flexibility index (Phi) is 3.05. The first-order valence-corrected chi connectivity index (χ1v) is 5.10. The molecule has 1 aromatic heterocycles. The molecule has 2 heterocycles. The summed E-state index contributed by atoms with van der Waals surface area (Å²) < 4.78 is 32.8. The summed E-state index contributed by atoms with van der Waals surface area (Å²) >= 11 is 0. The molecule has 0 unspecified atom stereocenters. The summed E-state index contributed by atoms with van der Waals surface area (Å²) in [7, 11) is 0. The van der Waals surface area contributed by atoms with Gasteiger partial charge in [-0.15, -0.1) is 0 Å². The van der Waals surface area contributed by atoms with Crippen LogP contribution in [0.5, 0.6) is 0 Å². The molecule has 9 heteroatoms. The normalized spacial score (nSPS) is 30.6. The number of anilines is 1. The Labute approximate surface area is 99.4 Å². The second-order valence-corrected chi connectivity index (χ2v) is 3.94. The Bertz CT molecular complexity index is 507. The van der Waals surface area contributed by atoms with Gasteiger partial charge in [0, 0.05) is 6.07 Å². The van der Waals surface area contributed by atoms with Crippen molar-refractivity contribution in [3.63, 3.8) is 0 Å². The molecule has 1 fully saturated rings. The van der Waals surface area contributed by atoms with E-state index in [9.17, 15) is 18.7 Å². The summed E-state index contributed by atoms with van der Waals surface area (Å²) in [6.07, 6.45) is -4.60. The third kappa shape index (κ3) is 1.85. The van der Waals surface area contributed by atoms with Gasteiger partial charge in [-0.1, -0.05) is 0 Å². The van der Waals surface area contributed by atoms with Crippen LogP contribution in [0.2, 0.25) is 0 Å². The maximum Gasteiger partial charge on any atom is 0.499 e. The number of aliphatic hydroxyl groups is 2. The zero-order valence-corrected chi connectivity index (χ0v) is 9.09. The van der Waals surface area contributed by atoms with Crippen LogP contribution in [0.25, 0.3) is 0 Å². The Morgan fingerprint density at radius 1 is 1.61 bits per heavy atom. The molecule has 1 aliphatic heterocycles. The Balaban J connectivity index is 2.42. The van der Waals surface area contributed by atoms with Crippen molar-refractivity contribution >= 4 is 5.82 Å². The highest BCUT2D eigenvalue weighted by Crippen LogP contribution is 2.39. The monoisotopic (exact) mass is 264 g/mol. The number of nitrogen functional groups attached to an aromatic ring is 1. The van der Waals surface area contributed by atoms with Gasteiger partial charge in [0.05, 0.1) is 6.61 Å². The minimum atomic E-state index is -3.69. The van der Waals surface area contributed by atoms with E-state index in [2.05, 4.69) is 4.98 Å². The highest BCUT2D eigenvalue weighted by molar-refractivity contribution is 5.21. The zero-order valence-electron chi connectivity index (χ0n) is 9.09. The molecule has 1 aliphatic rings. The number of ether oxygens (including phenoxy) is 1. The van der Waals surface area contributed by atoms with E-state index in [1.54, 1.807) is 0 Å². The average molecular weight is 264 g/mol. The highest BCUT2D eigenvalue weighted by Gasteiger charge is 2.62. The van der Waals surface area contributed by atoms with Crippen molar-refractivity contribution in [2.75, 3.05) is 12.3 Å². The molecule has 3 atom stereocenters. The Hall–Kier alpha value is -1.58. The van der Waals surface area contributed by atoms with E-state index in [1.807, 2.05) is 0 Å². The Morgan fingerprint density at radius 2 is 2.28 bits per heavy atom. The number of rotatable bonds is 2. The van der Waals surface area contributed by atoms with Crippen LogP contribution in [0.1, 0.15) is 6.23 Å². The first-order valence-electron chi connectivity index (χ1n) is 5.10. The third-order valence-corrected chi connectivity index (χ3v) is 2.71. The molecule has 0 saturated carbocycles. The number of nitrogens with zero attached hydrogens (tertiary/aromatic N) is 1. The van der Waals surface area contributed by atoms with Gasteiger partial charge in [-0.25, -0.2) is 0 Å². The second kappa shape index (κ2) is 4.26. The zero-order chi connectivity index (χ0) is 13.5. The van der Waals surface area contributed by atoms with Crippen LogP contribution < -0.4 is 16.0 Å². The maximum absolute atomic E-state index is 13.7. The number of H-pyrrole nitrogens is 1. The lowest BCUT2D eigenvalue weighted by molar-refractivity contribution is -0.789. The van der Waals surface area contributed by atoms with Crippen molar-refractivity contribution in [3.05, 3.63) is 22.7 Å². The average Bonchev–Trinajstić information content (AvgIpc) is 2.52. The van der Waals surface area contributed by atoms with Crippen molar-refractivity contribution in [2.24, 2.45) is 0 Å². The summed E-state index contributed by atoms with van der Waals surface area (Å²) in [5.41, 5.74) is 4.39. The Morgan fingerprint density at radius 3 is 2.78 bits per heavy atom. The molecule has 2 rings (SSSR count). The number of aliphatic hydroxyl groups excluding tert-OH is 2. The summed E-state index contributed by atoms with van der Waals surface area (Å²) in [6, 6.07) is 1.21. The quantitative estimate of drug-likeness (QED) is 0.467. The van der Waals surface area contributed by atoms with Crippen molar-refractivity contribution in [1.82, 2.24) is 4.98 Å². The lowest BCUT2D eigenvalue weighted by Gasteiger charge is -2.16. The van der Waals surface area contributed by atoms with E-state index < -0.39 is 36.7 Å². The topological polar surface area (TPSA) is 112 Å². The number of nitrogens with one attached hydrogen (secondary N) is 1. The lowest BCUT2D eigenvalue weighted by atomic mass is 10.1. The molecular formula is C9H12F2N3O4+. The molecule has 1 saturated heterocycles. The van der Waals surface area contributed by atoms with E-state index in [4.69, 9.17) is 15.6 Å². The van der Waals surface area contributed by atoms with Crippen LogP contribution in [0.15, 0.2) is 17.1 Å². The van der Waals surface area contributed by atoms with Crippen molar-refractivity contribution < 1.29 is 28.3 Å². The van der Waals surface area contributed by atoms with E-state index in [0.29, 0.717) is 4.57 Å². The minimum absolute atomic E-state index is 0.0109. The van der Waals surface area contributed by atoms with Crippen LogP contribution in [-0.2, 0) is 4.74 Å². The smallest absolute Gasteiger partial charge is 0.394 e. The van der Waals surface area contributed by atoms with Gasteiger partial charge in [0.15, 0.2) is 11.9 Å². The summed E-state index contributed by atoms with van der Waals surface area (Å²) in [5, 5.41) is 18.1. The number of nitrogens with two attached hydrogens (primary N) is 1. The van der Waals surface area contributed by atoms with Crippen LogP contribution in [-0.4, -0.2) is 39.9 Å². The SMILES string of the molecule is Nc1cc[n+]([C@@H]2O[C@H](CO)[C@H](O)C2(F)F)c(=O)[nH]1. The van der Waals surface area contributed by atoms with Crippen LogP contribution in [0.4, 0.5) is 14.6 Å². The third-order valence-electron chi connectivity index (χ3n) is 2.71. The molecule has 5 N–H and O–H groups in total. The molecule has 0 radical (unpaired) electrons. The molecule has 1 aromatic rings. The van der Waals surface area contributed by atoms with Gasteiger partial charge in [0.2, 0.25) is 0 Å². The van der Waals surface area contributed by atoms with E-state index in [-0.39, 0.29) is 5.82 Å². The molecule has 0 bridgehead atoms.